The quantitative estimate of drug-likeness (QED) is 0.834. The summed E-state index contributed by atoms with van der Waals surface area (Å²) >= 11 is 6.13. The van der Waals surface area contributed by atoms with Crippen LogP contribution < -0.4 is 15.6 Å². The van der Waals surface area contributed by atoms with Gasteiger partial charge in [0.15, 0.2) is 5.72 Å². The molecule has 8 heteroatoms. The van der Waals surface area contributed by atoms with Crippen LogP contribution in [0.5, 0.6) is 5.75 Å². The summed E-state index contributed by atoms with van der Waals surface area (Å²) in [6, 6.07) is 8.31. The van der Waals surface area contributed by atoms with Gasteiger partial charge in [0, 0.05) is 13.1 Å². The van der Waals surface area contributed by atoms with Crippen LogP contribution in [0.2, 0.25) is 5.02 Å². The molecule has 132 valence electrons. The molecule has 26 heavy (non-hydrogen) atoms. The second kappa shape index (κ2) is 6.32. The van der Waals surface area contributed by atoms with E-state index < -0.39 is 17.2 Å². The van der Waals surface area contributed by atoms with Gasteiger partial charge in [-0.3, -0.25) is 14.2 Å². The van der Waals surface area contributed by atoms with Gasteiger partial charge in [-0.15, -0.1) is 0 Å². The molecular weight excluding hydrogens is 356 g/mol. The van der Waals surface area contributed by atoms with Gasteiger partial charge in [0.1, 0.15) is 17.3 Å². The van der Waals surface area contributed by atoms with Gasteiger partial charge < -0.3 is 10.1 Å². The van der Waals surface area contributed by atoms with Crippen LogP contribution in [0.1, 0.15) is 31.9 Å². The highest BCUT2D eigenvalue weighted by Gasteiger charge is 2.30. The van der Waals surface area contributed by atoms with Gasteiger partial charge in [0.25, 0.3) is 5.56 Å². The number of anilines is 1. The smallest absolute Gasteiger partial charge is 0.280 e. The number of amides is 1. The Morgan fingerprint density at radius 2 is 2.12 bits per heavy atom. The first kappa shape index (κ1) is 17.7. The fraction of sp³-hybridized carbons (Fsp3) is 0.222. The highest BCUT2D eigenvalue weighted by molar-refractivity contribution is 6.31. The number of aliphatic imine (C=N–C) groups is 1. The molecule has 0 aliphatic carbocycles. The number of fused-ring (bicyclic) bond motifs is 1. The fourth-order valence-electron chi connectivity index (χ4n) is 2.64. The first-order valence-electron chi connectivity index (χ1n) is 7.74. The third-order valence-corrected chi connectivity index (χ3v) is 3.81. The highest BCUT2D eigenvalue weighted by atomic mass is 35.5. The highest BCUT2D eigenvalue weighted by Crippen LogP contribution is 2.31. The molecule has 1 aliphatic rings. The van der Waals surface area contributed by atoms with E-state index in [1.54, 1.807) is 32.0 Å². The molecule has 7 nitrogen and oxygen atoms in total. The van der Waals surface area contributed by atoms with Gasteiger partial charge >= 0.3 is 0 Å². The maximum Gasteiger partial charge on any atom is 0.280 e. The lowest BCUT2D eigenvalue weighted by atomic mass is 10.1. The lowest BCUT2D eigenvalue weighted by molar-refractivity contribution is -0.114. The zero-order valence-electron chi connectivity index (χ0n) is 14.3. The van der Waals surface area contributed by atoms with Crippen LogP contribution in [0.25, 0.3) is 0 Å². The number of aromatic nitrogens is 1. The van der Waals surface area contributed by atoms with E-state index in [-0.39, 0.29) is 16.5 Å². The molecule has 0 unspecified atom stereocenters. The molecule has 0 saturated heterocycles. The normalized spacial score (nSPS) is 14.5. The zero-order valence-corrected chi connectivity index (χ0v) is 15.1. The molecule has 0 spiro atoms. The Hall–Kier alpha value is -3.11. The molecule has 2 heterocycles. The van der Waals surface area contributed by atoms with E-state index in [1.165, 1.54) is 23.8 Å². The molecule has 1 aliphatic heterocycles. The van der Waals surface area contributed by atoms with Crippen molar-refractivity contribution in [1.82, 2.24) is 4.57 Å². The predicted molar refractivity (Wildman–Crippen MR) is 97.8 cm³/mol. The molecule has 1 aromatic carbocycles. The minimum absolute atomic E-state index is 0.0370. The Kier molecular flexibility index (Phi) is 4.30. The van der Waals surface area contributed by atoms with E-state index >= 15 is 0 Å². The lowest BCUT2D eigenvalue weighted by Crippen LogP contribution is -2.38. The van der Waals surface area contributed by atoms with Gasteiger partial charge in [-0.1, -0.05) is 11.6 Å². The number of nitriles is 1. The molecular formula is C18H15ClN4O3. The van der Waals surface area contributed by atoms with Crippen LogP contribution in [0.3, 0.4) is 0 Å². The van der Waals surface area contributed by atoms with Crippen LogP contribution in [-0.4, -0.2) is 22.0 Å². The molecule has 0 fully saturated rings. The standard InChI is InChI=1S/C18H15ClN4O3/c1-10(24)21-14-7-12(19)9-23(17(14)25)16-13-6-11(8-20)4-5-15(13)26-18(2,3)22-16/h4-7,9H,1-3H3,(H,21,24). The maximum absolute atomic E-state index is 12.8. The molecule has 1 N–H and O–H groups in total. The molecule has 1 aromatic heterocycles. The number of halogens is 1. The summed E-state index contributed by atoms with van der Waals surface area (Å²) in [6.07, 6.45) is 1.41. The number of hydrogen-bond acceptors (Lipinski definition) is 5. The number of rotatable bonds is 1. The van der Waals surface area contributed by atoms with Gasteiger partial charge in [0.05, 0.1) is 22.2 Å². The Balaban J connectivity index is 2.28. The summed E-state index contributed by atoms with van der Waals surface area (Å²) in [4.78, 5) is 28.7. The number of carbonyl (C=O) groups is 1. The number of benzene rings is 1. The predicted octanol–water partition coefficient (Wildman–Crippen LogP) is 2.76. The van der Waals surface area contributed by atoms with Crippen molar-refractivity contribution in [3.8, 4) is 11.8 Å². The van der Waals surface area contributed by atoms with Crippen molar-refractivity contribution >= 4 is 29.0 Å². The van der Waals surface area contributed by atoms with E-state index in [0.29, 0.717) is 16.9 Å². The number of nitrogens with one attached hydrogen (secondary N) is 1. The second-order valence-electron chi connectivity index (χ2n) is 6.24. The Bertz CT molecular complexity index is 1050. The van der Waals surface area contributed by atoms with Crippen molar-refractivity contribution in [2.24, 2.45) is 4.99 Å². The Morgan fingerprint density at radius 1 is 1.38 bits per heavy atom. The van der Waals surface area contributed by atoms with E-state index in [1.807, 2.05) is 0 Å². The average Bonchev–Trinajstić information content (AvgIpc) is 2.55. The number of hydrogen-bond donors (Lipinski definition) is 1. The van der Waals surface area contributed by atoms with Gasteiger partial charge in [-0.05, 0) is 38.1 Å². The zero-order chi connectivity index (χ0) is 19.1. The molecule has 0 radical (unpaired) electrons. The van der Waals surface area contributed by atoms with Crippen molar-refractivity contribution in [2.45, 2.75) is 26.5 Å². The van der Waals surface area contributed by atoms with Crippen LogP contribution in [0.4, 0.5) is 5.69 Å². The number of pyridine rings is 1. The topological polar surface area (TPSA) is 96.5 Å². The van der Waals surface area contributed by atoms with Gasteiger partial charge in [0.2, 0.25) is 5.91 Å². The summed E-state index contributed by atoms with van der Waals surface area (Å²) < 4.78 is 7.07. The number of ether oxygens (including phenoxy) is 1. The first-order chi connectivity index (χ1) is 12.2. The summed E-state index contributed by atoms with van der Waals surface area (Å²) in [5, 5.41) is 11.9. The van der Waals surface area contributed by atoms with Crippen molar-refractivity contribution in [1.29, 1.82) is 5.26 Å². The van der Waals surface area contributed by atoms with E-state index in [2.05, 4.69) is 16.4 Å². The minimum Gasteiger partial charge on any atom is -0.466 e. The fourth-order valence-corrected chi connectivity index (χ4v) is 2.85. The first-order valence-corrected chi connectivity index (χ1v) is 8.11. The van der Waals surface area contributed by atoms with E-state index in [0.717, 1.165) is 0 Å². The maximum atomic E-state index is 12.8. The second-order valence-corrected chi connectivity index (χ2v) is 6.67. The van der Waals surface area contributed by atoms with Crippen LogP contribution in [0, 0.1) is 11.3 Å². The summed E-state index contributed by atoms with van der Waals surface area (Å²) in [5.74, 6) is 0.386. The van der Waals surface area contributed by atoms with Crippen LogP contribution >= 0.6 is 11.6 Å². The summed E-state index contributed by atoms with van der Waals surface area (Å²) in [6.45, 7) is 4.80. The van der Waals surface area contributed by atoms with Crippen molar-refractivity contribution < 1.29 is 9.53 Å². The van der Waals surface area contributed by atoms with Crippen molar-refractivity contribution in [3.63, 3.8) is 0 Å². The van der Waals surface area contributed by atoms with Gasteiger partial charge in [-0.25, -0.2) is 4.99 Å². The largest absolute Gasteiger partial charge is 0.466 e. The molecule has 0 saturated carbocycles. The average molecular weight is 371 g/mol. The monoisotopic (exact) mass is 370 g/mol. The van der Waals surface area contributed by atoms with Gasteiger partial charge in [-0.2, -0.15) is 5.26 Å². The van der Waals surface area contributed by atoms with Crippen LogP contribution in [0.15, 0.2) is 40.2 Å². The Morgan fingerprint density at radius 3 is 2.77 bits per heavy atom. The molecule has 0 bridgehead atoms. The lowest BCUT2D eigenvalue weighted by Gasteiger charge is -2.30. The molecule has 3 rings (SSSR count). The van der Waals surface area contributed by atoms with Crippen molar-refractivity contribution in [2.75, 3.05) is 5.32 Å². The minimum atomic E-state index is -0.924. The van der Waals surface area contributed by atoms with Crippen molar-refractivity contribution in [3.05, 3.63) is 57.0 Å². The molecule has 1 amide bonds. The molecule has 0 atom stereocenters. The Labute approximate surface area is 154 Å². The van der Waals surface area contributed by atoms with E-state index in [9.17, 15) is 14.9 Å². The SMILES string of the molecule is CC(=O)Nc1cc(Cl)cn(C2=NC(C)(C)Oc3ccc(C#N)cc32)c1=O. The summed E-state index contributed by atoms with van der Waals surface area (Å²) in [5.41, 5.74) is -0.491. The third-order valence-electron chi connectivity index (χ3n) is 3.61. The van der Waals surface area contributed by atoms with Crippen LogP contribution in [-0.2, 0) is 4.79 Å². The summed E-state index contributed by atoms with van der Waals surface area (Å²) in [7, 11) is 0. The number of carbonyl (C=O) groups excluding carboxylic acids is 1. The third kappa shape index (κ3) is 3.32. The number of nitrogens with zero attached hydrogens (tertiary/aromatic N) is 3. The molecule has 2 aromatic rings. The van der Waals surface area contributed by atoms with E-state index in [4.69, 9.17) is 16.3 Å².